The van der Waals surface area contributed by atoms with Crippen LogP contribution in [-0.4, -0.2) is 19.0 Å². The second-order valence-corrected chi connectivity index (χ2v) is 6.70. The monoisotopic (exact) mass is 238 g/mol. The quantitative estimate of drug-likeness (QED) is 0.787. The summed E-state index contributed by atoms with van der Waals surface area (Å²) in [5.74, 6) is 0.859. The average Bonchev–Trinajstić information content (AvgIpc) is 2.69. The van der Waals surface area contributed by atoms with Crippen LogP contribution in [0.3, 0.4) is 0 Å². The van der Waals surface area contributed by atoms with E-state index in [0.717, 1.165) is 19.4 Å². The van der Waals surface area contributed by atoms with Crippen molar-refractivity contribution in [2.75, 3.05) is 13.1 Å². The fourth-order valence-electron chi connectivity index (χ4n) is 3.61. The van der Waals surface area contributed by atoms with Crippen LogP contribution in [0.1, 0.15) is 52.4 Å². The van der Waals surface area contributed by atoms with Crippen molar-refractivity contribution in [1.29, 1.82) is 0 Å². The lowest BCUT2D eigenvalue weighted by molar-refractivity contribution is -0.138. The highest BCUT2D eigenvalue weighted by molar-refractivity contribution is 5.84. The van der Waals surface area contributed by atoms with Crippen LogP contribution in [0.15, 0.2) is 0 Å². The lowest BCUT2D eigenvalue weighted by Gasteiger charge is -2.44. The molecule has 0 bridgehead atoms. The molecule has 0 aliphatic heterocycles. The summed E-state index contributed by atoms with van der Waals surface area (Å²) in [6.07, 6.45) is 7.05. The molecule has 2 aliphatic carbocycles. The molecule has 0 spiro atoms. The van der Waals surface area contributed by atoms with E-state index in [0.29, 0.717) is 17.9 Å². The number of nitrogens with two attached hydrogens (primary N) is 1. The second kappa shape index (κ2) is 4.60. The van der Waals surface area contributed by atoms with Gasteiger partial charge in [-0.05, 0) is 37.0 Å². The third-order valence-electron chi connectivity index (χ3n) is 4.84. The number of carbonyl (C=O) groups excluding carboxylic acids is 1. The minimum absolute atomic E-state index is 0.200. The van der Waals surface area contributed by atoms with Gasteiger partial charge >= 0.3 is 0 Å². The van der Waals surface area contributed by atoms with Gasteiger partial charge < -0.3 is 11.1 Å². The van der Waals surface area contributed by atoms with Gasteiger partial charge in [0.05, 0.1) is 5.41 Å². The lowest BCUT2D eigenvalue weighted by atomic mass is 9.62. The number of rotatable bonds is 4. The van der Waals surface area contributed by atoms with Crippen molar-refractivity contribution in [2.45, 2.75) is 52.4 Å². The molecular weight excluding hydrogens is 212 g/mol. The summed E-state index contributed by atoms with van der Waals surface area (Å²) in [6.45, 7) is 5.82. The van der Waals surface area contributed by atoms with Crippen molar-refractivity contribution in [3.63, 3.8) is 0 Å². The third kappa shape index (κ3) is 2.49. The Labute approximate surface area is 105 Å². The molecule has 0 aromatic heterocycles. The molecule has 98 valence electrons. The van der Waals surface area contributed by atoms with Crippen molar-refractivity contribution < 1.29 is 4.79 Å². The summed E-state index contributed by atoms with van der Waals surface area (Å²) in [5.41, 5.74) is 5.88. The Hall–Kier alpha value is -0.570. The molecule has 2 rings (SSSR count). The standard InChI is InChI=1S/C14H26N2O/c1-11-7-14(8-11,9-15)12(17)16-10-13(2)5-3-4-6-13/h11H,3-10,15H2,1-2H3,(H,16,17). The van der Waals surface area contributed by atoms with Crippen molar-refractivity contribution >= 4 is 5.91 Å². The van der Waals surface area contributed by atoms with Gasteiger partial charge in [-0.2, -0.15) is 0 Å². The molecule has 3 nitrogen and oxygen atoms in total. The number of hydrogen-bond acceptors (Lipinski definition) is 2. The minimum atomic E-state index is -0.242. The van der Waals surface area contributed by atoms with Crippen LogP contribution in [0.5, 0.6) is 0 Å². The minimum Gasteiger partial charge on any atom is -0.355 e. The van der Waals surface area contributed by atoms with Crippen LogP contribution in [0, 0.1) is 16.7 Å². The van der Waals surface area contributed by atoms with Crippen LogP contribution >= 0.6 is 0 Å². The Morgan fingerprint density at radius 3 is 2.41 bits per heavy atom. The van der Waals surface area contributed by atoms with E-state index in [1.165, 1.54) is 25.7 Å². The van der Waals surface area contributed by atoms with Crippen LogP contribution in [0.4, 0.5) is 0 Å². The Bertz CT molecular complexity index is 289. The molecule has 1 amide bonds. The Kier molecular flexibility index (Phi) is 3.48. The zero-order valence-corrected chi connectivity index (χ0v) is 11.2. The molecule has 0 heterocycles. The molecule has 0 unspecified atom stereocenters. The Morgan fingerprint density at radius 1 is 1.35 bits per heavy atom. The van der Waals surface area contributed by atoms with Gasteiger partial charge in [0.2, 0.25) is 5.91 Å². The summed E-state index contributed by atoms with van der Waals surface area (Å²) in [6, 6.07) is 0. The van der Waals surface area contributed by atoms with E-state index in [9.17, 15) is 4.79 Å². The Morgan fingerprint density at radius 2 is 1.94 bits per heavy atom. The van der Waals surface area contributed by atoms with Gasteiger partial charge in [0.15, 0.2) is 0 Å². The smallest absolute Gasteiger partial charge is 0.227 e. The zero-order chi connectivity index (χ0) is 12.5. The normalized spacial score (nSPS) is 35.4. The van der Waals surface area contributed by atoms with Gasteiger partial charge in [-0.1, -0.05) is 26.7 Å². The molecule has 0 atom stereocenters. The maximum Gasteiger partial charge on any atom is 0.227 e. The number of hydrogen-bond donors (Lipinski definition) is 2. The maximum absolute atomic E-state index is 12.2. The highest BCUT2D eigenvalue weighted by Crippen LogP contribution is 2.45. The van der Waals surface area contributed by atoms with Gasteiger partial charge in [0.25, 0.3) is 0 Å². The first-order valence-corrected chi connectivity index (χ1v) is 6.98. The summed E-state index contributed by atoms with van der Waals surface area (Å²) in [4.78, 5) is 12.2. The molecule has 2 fully saturated rings. The highest BCUT2D eigenvalue weighted by atomic mass is 16.2. The van der Waals surface area contributed by atoms with E-state index in [2.05, 4.69) is 19.2 Å². The van der Waals surface area contributed by atoms with E-state index in [1.54, 1.807) is 0 Å². The third-order valence-corrected chi connectivity index (χ3v) is 4.84. The first-order valence-electron chi connectivity index (χ1n) is 6.98. The average molecular weight is 238 g/mol. The first-order chi connectivity index (χ1) is 8.00. The molecule has 0 radical (unpaired) electrons. The van der Waals surface area contributed by atoms with E-state index >= 15 is 0 Å². The maximum atomic E-state index is 12.2. The van der Waals surface area contributed by atoms with Crippen molar-refractivity contribution in [3.05, 3.63) is 0 Å². The second-order valence-electron chi connectivity index (χ2n) is 6.70. The van der Waals surface area contributed by atoms with Gasteiger partial charge in [0.1, 0.15) is 0 Å². The molecular formula is C14H26N2O. The number of nitrogens with one attached hydrogen (secondary N) is 1. The van der Waals surface area contributed by atoms with Crippen LogP contribution in [0.25, 0.3) is 0 Å². The molecule has 2 saturated carbocycles. The fraction of sp³-hybridized carbons (Fsp3) is 0.929. The first kappa shape index (κ1) is 12.9. The molecule has 3 heteroatoms. The van der Waals surface area contributed by atoms with E-state index < -0.39 is 0 Å². The molecule has 17 heavy (non-hydrogen) atoms. The molecule has 0 aromatic rings. The molecule has 3 N–H and O–H groups in total. The van der Waals surface area contributed by atoms with Crippen molar-refractivity contribution in [1.82, 2.24) is 5.32 Å². The lowest BCUT2D eigenvalue weighted by Crippen LogP contribution is -2.54. The van der Waals surface area contributed by atoms with Crippen molar-refractivity contribution in [3.8, 4) is 0 Å². The molecule has 2 aliphatic rings. The fourth-order valence-corrected chi connectivity index (χ4v) is 3.61. The van der Waals surface area contributed by atoms with E-state index in [1.807, 2.05) is 0 Å². The summed E-state index contributed by atoms with van der Waals surface area (Å²) < 4.78 is 0. The predicted octanol–water partition coefficient (Wildman–Crippen LogP) is 2.06. The van der Waals surface area contributed by atoms with Gasteiger partial charge in [-0.15, -0.1) is 0 Å². The van der Waals surface area contributed by atoms with E-state index in [4.69, 9.17) is 5.73 Å². The van der Waals surface area contributed by atoms with Crippen LogP contribution in [-0.2, 0) is 4.79 Å². The summed E-state index contributed by atoms with van der Waals surface area (Å²) >= 11 is 0. The SMILES string of the molecule is CC1CC(CN)(C(=O)NCC2(C)CCCC2)C1. The predicted molar refractivity (Wildman–Crippen MR) is 69.5 cm³/mol. The van der Waals surface area contributed by atoms with Gasteiger partial charge in [0, 0.05) is 13.1 Å². The molecule has 0 aromatic carbocycles. The molecule has 0 saturated heterocycles. The zero-order valence-electron chi connectivity index (χ0n) is 11.2. The Balaban J connectivity index is 1.84. The summed E-state index contributed by atoms with van der Waals surface area (Å²) in [5, 5.41) is 3.16. The topological polar surface area (TPSA) is 55.1 Å². The van der Waals surface area contributed by atoms with E-state index in [-0.39, 0.29) is 11.3 Å². The summed E-state index contributed by atoms with van der Waals surface area (Å²) in [7, 11) is 0. The van der Waals surface area contributed by atoms with Crippen molar-refractivity contribution in [2.24, 2.45) is 22.5 Å². The highest BCUT2D eigenvalue weighted by Gasteiger charge is 2.47. The van der Waals surface area contributed by atoms with Crippen LogP contribution < -0.4 is 11.1 Å². The van der Waals surface area contributed by atoms with Crippen LogP contribution in [0.2, 0.25) is 0 Å². The number of amides is 1. The van der Waals surface area contributed by atoms with Gasteiger partial charge in [-0.3, -0.25) is 4.79 Å². The largest absolute Gasteiger partial charge is 0.355 e. The van der Waals surface area contributed by atoms with Gasteiger partial charge in [-0.25, -0.2) is 0 Å². The number of carbonyl (C=O) groups is 1.